The van der Waals surface area contributed by atoms with Crippen LogP contribution in [0.5, 0.6) is 0 Å². The molecule has 0 saturated carbocycles. The van der Waals surface area contributed by atoms with Crippen LogP contribution in [0.3, 0.4) is 0 Å². The average molecular weight is 784 g/mol. The summed E-state index contributed by atoms with van der Waals surface area (Å²) in [6.45, 7) is 6.38. The van der Waals surface area contributed by atoms with Gasteiger partial charge < -0.3 is 20.3 Å². The number of nitrogens with one attached hydrogen (secondary N) is 1. The van der Waals surface area contributed by atoms with Crippen LogP contribution in [-0.4, -0.2) is 46.9 Å². The SMILES string of the molecule is CCCCC/C=C\C/C=C\C/C=C\C/C=C\CCCC(=O)OC(CCCCC/C=C\CCCCC)CC(=O)NC(CO)C(O)CCCCCCCCCCCC. The normalized spacial score (nSPS) is 13.9. The Morgan fingerprint density at radius 3 is 1.43 bits per heavy atom. The van der Waals surface area contributed by atoms with Crippen LogP contribution < -0.4 is 5.32 Å². The first kappa shape index (κ1) is 53.6. The summed E-state index contributed by atoms with van der Waals surface area (Å²) in [4.78, 5) is 26.0. The number of esters is 1. The highest BCUT2D eigenvalue weighted by atomic mass is 16.5. The van der Waals surface area contributed by atoms with Crippen molar-refractivity contribution < 1.29 is 24.5 Å². The van der Waals surface area contributed by atoms with E-state index >= 15 is 0 Å². The zero-order valence-electron chi connectivity index (χ0n) is 36.8. The summed E-state index contributed by atoms with van der Waals surface area (Å²) in [5.74, 6) is -0.562. The van der Waals surface area contributed by atoms with Crippen LogP contribution in [0.4, 0.5) is 0 Å². The van der Waals surface area contributed by atoms with Crippen LogP contribution in [0.15, 0.2) is 60.8 Å². The molecule has 324 valence electrons. The quantitative estimate of drug-likeness (QED) is 0.0326. The lowest BCUT2D eigenvalue weighted by molar-refractivity contribution is -0.151. The van der Waals surface area contributed by atoms with E-state index in [1.54, 1.807) is 0 Å². The van der Waals surface area contributed by atoms with E-state index in [1.807, 2.05) is 0 Å². The first-order valence-corrected chi connectivity index (χ1v) is 23.5. The van der Waals surface area contributed by atoms with Gasteiger partial charge in [-0.2, -0.15) is 0 Å². The Kier molecular flexibility index (Phi) is 41.8. The zero-order valence-corrected chi connectivity index (χ0v) is 36.8. The second kappa shape index (κ2) is 43.7. The van der Waals surface area contributed by atoms with Gasteiger partial charge in [0.15, 0.2) is 0 Å². The van der Waals surface area contributed by atoms with Gasteiger partial charge in [0.1, 0.15) is 6.10 Å². The van der Waals surface area contributed by atoms with E-state index in [0.29, 0.717) is 25.7 Å². The molecule has 56 heavy (non-hydrogen) atoms. The average Bonchev–Trinajstić information content (AvgIpc) is 3.19. The molecule has 0 bridgehead atoms. The number of aliphatic hydroxyl groups excluding tert-OH is 2. The molecule has 0 aliphatic carbocycles. The highest BCUT2D eigenvalue weighted by Crippen LogP contribution is 2.16. The van der Waals surface area contributed by atoms with Gasteiger partial charge in [-0.1, -0.05) is 178 Å². The molecule has 0 fully saturated rings. The predicted molar refractivity (Wildman–Crippen MR) is 241 cm³/mol. The van der Waals surface area contributed by atoms with Gasteiger partial charge in [0.2, 0.25) is 5.91 Å². The Morgan fingerprint density at radius 2 is 0.911 bits per heavy atom. The monoisotopic (exact) mass is 784 g/mol. The third kappa shape index (κ3) is 38.4. The predicted octanol–water partition coefficient (Wildman–Crippen LogP) is 13.7. The van der Waals surface area contributed by atoms with Crippen molar-refractivity contribution in [3.63, 3.8) is 0 Å². The Morgan fingerprint density at radius 1 is 0.518 bits per heavy atom. The van der Waals surface area contributed by atoms with Crippen molar-refractivity contribution in [3.05, 3.63) is 60.8 Å². The van der Waals surface area contributed by atoms with Crippen LogP contribution in [0.25, 0.3) is 0 Å². The van der Waals surface area contributed by atoms with E-state index in [2.05, 4.69) is 86.8 Å². The van der Waals surface area contributed by atoms with Gasteiger partial charge in [-0.25, -0.2) is 0 Å². The fourth-order valence-corrected chi connectivity index (χ4v) is 6.71. The highest BCUT2D eigenvalue weighted by Gasteiger charge is 2.24. The third-order valence-corrected chi connectivity index (χ3v) is 10.3. The second-order valence-corrected chi connectivity index (χ2v) is 15.8. The van der Waals surface area contributed by atoms with Crippen LogP contribution in [0, 0.1) is 0 Å². The molecule has 0 aromatic heterocycles. The summed E-state index contributed by atoms with van der Waals surface area (Å²) in [6.07, 6.45) is 52.8. The summed E-state index contributed by atoms with van der Waals surface area (Å²) in [5.41, 5.74) is 0. The number of carbonyl (C=O) groups is 2. The number of aliphatic hydroxyl groups is 2. The smallest absolute Gasteiger partial charge is 0.306 e. The Balaban J connectivity index is 4.66. The number of unbranched alkanes of at least 4 members (excludes halogenated alkanes) is 19. The lowest BCUT2D eigenvalue weighted by Gasteiger charge is -2.24. The molecule has 0 spiro atoms. The molecule has 6 heteroatoms. The first-order chi connectivity index (χ1) is 27.5. The molecule has 3 unspecified atom stereocenters. The van der Waals surface area contributed by atoms with Crippen LogP contribution >= 0.6 is 0 Å². The largest absolute Gasteiger partial charge is 0.462 e. The van der Waals surface area contributed by atoms with E-state index < -0.39 is 18.2 Å². The van der Waals surface area contributed by atoms with Crippen molar-refractivity contribution in [3.8, 4) is 0 Å². The number of ether oxygens (including phenoxy) is 1. The molecule has 0 radical (unpaired) electrons. The highest BCUT2D eigenvalue weighted by molar-refractivity contribution is 5.77. The molecule has 0 aromatic rings. The second-order valence-electron chi connectivity index (χ2n) is 15.8. The van der Waals surface area contributed by atoms with E-state index in [-0.39, 0.29) is 24.9 Å². The number of carbonyl (C=O) groups excluding carboxylic acids is 2. The Bertz CT molecular complexity index is 1010. The lowest BCUT2D eigenvalue weighted by atomic mass is 10.0. The number of rotatable bonds is 41. The van der Waals surface area contributed by atoms with E-state index in [0.717, 1.165) is 77.0 Å². The van der Waals surface area contributed by atoms with Crippen molar-refractivity contribution in [2.75, 3.05) is 6.61 Å². The first-order valence-electron chi connectivity index (χ1n) is 23.5. The summed E-state index contributed by atoms with van der Waals surface area (Å²) >= 11 is 0. The standard InChI is InChI=1S/C50H89NO5/c1-4-7-10-13-16-19-22-23-24-25-26-27-28-31-34-37-40-43-50(55)56-46(41-38-35-32-29-20-17-14-11-8-5-2)44-49(54)51-47(45-52)48(53)42-39-36-33-30-21-18-15-12-9-6-3/h16-17,19-20,23-24,26-27,31,34,46-48,52-53H,4-15,18,21-22,25,28-30,32-33,35-45H2,1-3H3,(H,51,54)/b19-16-,20-17-,24-23-,27-26-,34-31-. The van der Waals surface area contributed by atoms with Crippen LogP contribution in [0.2, 0.25) is 0 Å². The fraction of sp³-hybridized carbons (Fsp3) is 0.760. The molecule has 0 rings (SSSR count). The van der Waals surface area contributed by atoms with Crippen LogP contribution in [0.1, 0.15) is 220 Å². The summed E-state index contributed by atoms with van der Waals surface area (Å²) in [5, 5.41) is 23.6. The fourth-order valence-electron chi connectivity index (χ4n) is 6.71. The Hall–Kier alpha value is -2.44. The topological polar surface area (TPSA) is 95.9 Å². The van der Waals surface area contributed by atoms with Gasteiger partial charge in [0.25, 0.3) is 0 Å². The van der Waals surface area contributed by atoms with Gasteiger partial charge in [-0.05, 0) is 89.9 Å². The maximum atomic E-state index is 13.1. The molecule has 0 aliphatic heterocycles. The lowest BCUT2D eigenvalue weighted by Crippen LogP contribution is -2.46. The third-order valence-electron chi connectivity index (χ3n) is 10.3. The van der Waals surface area contributed by atoms with Gasteiger partial charge in [-0.3, -0.25) is 9.59 Å². The summed E-state index contributed by atoms with van der Waals surface area (Å²) in [6, 6.07) is -0.716. The van der Waals surface area contributed by atoms with Gasteiger partial charge >= 0.3 is 5.97 Å². The van der Waals surface area contributed by atoms with Crippen molar-refractivity contribution in [1.29, 1.82) is 0 Å². The number of hydrogen-bond donors (Lipinski definition) is 3. The van der Waals surface area contributed by atoms with Crippen molar-refractivity contribution in [2.24, 2.45) is 0 Å². The minimum absolute atomic E-state index is 0.0434. The Labute approximate surface area is 346 Å². The van der Waals surface area contributed by atoms with Gasteiger partial charge in [0, 0.05) is 6.42 Å². The number of allylic oxidation sites excluding steroid dienone is 10. The van der Waals surface area contributed by atoms with E-state index in [9.17, 15) is 19.8 Å². The molecule has 3 atom stereocenters. The molecule has 0 aromatic carbocycles. The van der Waals surface area contributed by atoms with Crippen molar-refractivity contribution >= 4 is 11.9 Å². The molecule has 6 nitrogen and oxygen atoms in total. The minimum atomic E-state index is -0.799. The molecule has 0 aliphatic rings. The molecular weight excluding hydrogens is 695 g/mol. The number of amides is 1. The van der Waals surface area contributed by atoms with E-state index in [1.165, 1.54) is 89.9 Å². The van der Waals surface area contributed by atoms with E-state index in [4.69, 9.17) is 4.74 Å². The number of hydrogen-bond acceptors (Lipinski definition) is 5. The van der Waals surface area contributed by atoms with Gasteiger partial charge in [-0.15, -0.1) is 0 Å². The van der Waals surface area contributed by atoms with Crippen LogP contribution in [-0.2, 0) is 14.3 Å². The molecule has 0 saturated heterocycles. The van der Waals surface area contributed by atoms with Crippen molar-refractivity contribution in [1.82, 2.24) is 5.32 Å². The molecular formula is C50H89NO5. The molecule has 0 heterocycles. The minimum Gasteiger partial charge on any atom is -0.462 e. The van der Waals surface area contributed by atoms with Gasteiger partial charge in [0.05, 0.1) is 25.2 Å². The van der Waals surface area contributed by atoms with Crippen molar-refractivity contribution in [2.45, 2.75) is 238 Å². The summed E-state index contributed by atoms with van der Waals surface area (Å²) in [7, 11) is 0. The molecule has 1 amide bonds. The maximum absolute atomic E-state index is 13.1. The summed E-state index contributed by atoms with van der Waals surface area (Å²) < 4.78 is 5.86. The maximum Gasteiger partial charge on any atom is 0.306 e. The zero-order chi connectivity index (χ0) is 41.0. The molecule has 3 N–H and O–H groups in total.